The van der Waals surface area contributed by atoms with Gasteiger partial charge in [-0.05, 0) is 43.0 Å². The van der Waals surface area contributed by atoms with Crippen molar-refractivity contribution in [2.45, 2.75) is 38.6 Å². The number of carbonyl (C=O) groups is 1. The number of para-hydroxylation sites is 1. The molecule has 0 unspecified atom stereocenters. The van der Waals surface area contributed by atoms with E-state index < -0.39 is 0 Å². The van der Waals surface area contributed by atoms with E-state index >= 15 is 0 Å². The smallest absolute Gasteiger partial charge is 0.252 e. The van der Waals surface area contributed by atoms with Gasteiger partial charge in [0.25, 0.3) is 5.91 Å². The van der Waals surface area contributed by atoms with Gasteiger partial charge in [0, 0.05) is 23.1 Å². The van der Waals surface area contributed by atoms with Crippen LogP contribution in [0.4, 0.5) is 0 Å². The summed E-state index contributed by atoms with van der Waals surface area (Å²) in [4.78, 5) is 18.1. The van der Waals surface area contributed by atoms with Crippen molar-refractivity contribution in [2.75, 3.05) is 14.2 Å². The third-order valence-electron chi connectivity index (χ3n) is 6.07. The van der Waals surface area contributed by atoms with Gasteiger partial charge in [-0.3, -0.25) is 4.79 Å². The Morgan fingerprint density at radius 3 is 2.60 bits per heavy atom. The number of fused-ring (bicyclic) bond motifs is 1. The number of benzene rings is 2. The molecule has 1 aromatic heterocycles. The number of rotatable bonds is 5. The number of carbonyl (C=O) groups excluding carboxylic acids is 1. The molecule has 1 saturated carbocycles. The lowest BCUT2D eigenvalue weighted by atomic mass is 9.85. The molecule has 5 heteroatoms. The Morgan fingerprint density at radius 1 is 1.03 bits per heavy atom. The highest BCUT2D eigenvalue weighted by Gasteiger charge is 2.24. The predicted molar refractivity (Wildman–Crippen MR) is 119 cm³/mol. The van der Waals surface area contributed by atoms with E-state index in [0.29, 0.717) is 28.7 Å². The number of hydrogen-bond acceptors (Lipinski definition) is 4. The molecule has 1 N–H and O–H groups in total. The molecule has 156 valence electrons. The number of nitrogens with one attached hydrogen (secondary N) is 1. The first-order chi connectivity index (χ1) is 14.6. The fourth-order valence-electron chi connectivity index (χ4n) is 4.29. The normalized spacial score (nSPS) is 18.8. The Kier molecular flexibility index (Phi) is 5.88. The maximum Gasteiger partial charge on any atom is 0.252 e. The minimum absolute atomic E-state index is 0.0407. The third kappa shape index (κ3) is 3.97. The van der Waals surface area contributed by atoms with Gasteiger partial charge in [0.1, 0.15) is 11.5 Å². The second kappa shape index (κ2) is 8.74. The molecule has 30 heavy (non-hydrogen) atoms. The Labute approximate surface area is 177 Å². The molecule has 1 aliphatic rings. The van der Waals surface area contributed by atoms with Gasteiger partial charge in [-0.2, -0.15) is 0 Å². The van der Waals surface area contributed by atoms with Gasteiger partial charge >= 0.3 is 0 Å². The second-order valence-corrected chi connectivity index (χ2v) is 7.98. The maximum atomic E-state index is 13.3. The minimum Gasteiger partial charge on any atom is -0.497 e. The first-order valence-electron chi connectivity index (χ1n) is 10.5. The number of nitrogens with zero attached hydrogens (tertiary/aromatic N) is 1. The lowest BCUT2D eigenvalue weighted by Gasteiger charge is -2.29. The van der Waals surface area contributed by atoms with E-state index in [1.807, 2.05) is 48.5 Å². The largest absolute Gasteiger partial charge is 0.497 e. The first kappa shape index (κ1) is 20.2. The number of ether oxygens (including phenoxy) is 2. The van der Waals surface area contributed by atoms with Crippen LogP contribution in [0, 0.1) is 5.92 Å². The molecular weight excluding hydrogens is 376 g/mol. The van der Waals surface area contributed by atoms with Crippen LogP contribution in [0.15, 0.2) is 48.5 Å². The van der Waals surface area contributed by atoms with E-state index in [9.17, 15) is 4.79 Å². The molecule has 3 aromatic rings. The van der Waals surface area contributed by atoms with Crippen LogP contribution in [0.3, 0.4) is 0 Å². The van der Waals surface area contributed by atoms with Gasteiger partial charge in [0.2, 0.25) is 0 Å². The molecule has 1 heterocycles. The fraction of sp³-hybridized carbons (Fsp3) is 0.360. The molecule has 4 rings (SSSR count). The van der Waals surface area contributed by atoms with E-state index in [0.717, 1.165) is 29.3 Å². The Hall–Kier alpha value is -3.08. The summed E-state index contributed by atoms with van der Waals surface area (Å²) in [6.07, 6.45) is 4.61. The van der Waals surface area contributed by atoms with Crippen LogP contribution in [0.5, 0.6) is 11.5 Å². The molecule has 1 fully saturated rings. The summed E-state index contributed by atoms with van der Waals surface area (Å²) in [6.45, 7) is 2.22. The molecule has 0 bridgehead atoms. The van der Waals surface area contributed by atoms with Crippen LogP contribution in [-0.4, -0.2) is 31.2 Å². The maximum absolute atomic E-state index is 13.3. The first-order valence-corrected chi connectivity index (χ1v) is 10.5. The molecule has 2 atom stereocenters. The van der Waals surface area contributed by atoms with Crippen molar-refractivity contribution < 1.29 is 14.3 Å². The topological polar surface area (TPSA) is 60.5 Å². The number of aromatic nitrogens is 1. The minimum atomic E-state index is -0.0407. The molecule has 0 saturated heterocycles. The molecular formula is C25H28N2O3. The summed E-state index contributed by atoms with van der Waals surface area (Å²) >= 11 is 0. The van der Waals surface area contributed by atoms with Gasteiger partial charge in [0.05, 0.1) is 31.0 Å². The number of hydrogen-bond donors (Lipinski definition) is 1. The molecule has 2 aromatic carbocycles. The highest BCUT2D eigenvalue weighted by Crippen LogP contribution is 2.34. The van der Waals surface area contributed by atoms with Gasteiger partial charge in [-0.15, -0.1) is 0 Å². The summed E-state index contributed by atoms with van der Waals surface area (Å²) in [6, 6.07) is 15.5. The number of pyridine rings is 1. The quantitative estimate of drug-likeness (QED) is 0.633. The number of methoxy groups -OCH3 is 2. The van der Waals surface area contributed by atoms with Crippen LogP contribution in [0.25, 0.3) is 22.2 Å². The van der Waals surface area contributed by atoms with Crippen molar-refractivity contribution in [1.82, 2.24) is 10.3 Å². The lowest BCUT2D eigenvalue weighted by molar-refractivity contribution is 0.0912. The fourth-order valence-corrected chi connectivity index (χ4v) is 4.29. The van der Waals surface area contributed by atoms with Crippen molar-refractivity contribution in [3.05, 3.63) is 54.1 Å². The Bertz CT molecular complexity index is 1060. The van der Waals surface area contributed by atoms with Crippen molar-refractivity contribution in [1.29, 1.82) is 0 Å². The van der Waals surface area contributed by atoms with Gasteiger partial charge in [-0.25, -0.2) is 4.98 Å². The van der Waals surface area contributed by atoms with E-state index in [1.165, 1.54) is 12.8 Å². The summed E-state index contributed by atoms with van der Waals surface area (Å²) in [5.41, 5.74) is 2.96. The van der Waals surface area contributed by atoms with Crippen LogP contribution in [-0.2, 0) is 0 Å². The molecule has 0 spiro atoms. The SMILES string of the molecule is COc1ccc(-c2cc(C(=O)N[C@@H]3CCCC[C@@H]3C)c3ccccc3n2)c(OC)c1. The standard InChI is InChI=1S/C25H28N2O3/c1-16-8-4-6-10-21(16)27-25(28)20-15-23(26-22-11-7-5-9-18(20)22)19-13-12-17(29-2)14-24(19)30-3/h5,7,9,11-16,21H,4,6,8,10H2,1-3H3,(H,27,28)/t16-,21+/m0/s1. The van der Waals surface area contributed by atoms with Gasteiger partial charge < -0.3 is 14.8 Å². The van der Waals surface area contributed by atoms with Crippen LogP contribution in [0.2, 0.25) is 0 Å². The molecule has 5 nitrogen and oxygen atoms in total. The lowest BCUT2D eigenvalue weighted by Crippen LogP contribution is -2.41. The van der Waals surface area contributed by atoms with Crippen LogP contribution in [0.1, 0.15) is 43.0 Å². The summed E-state index contributed by atoms with van der Waals surface area (Å²) in [7, 11) is 3.24. The highest BCUT2D eigenvalue weighted by atomic mass is 16.5. The zero-order valence-corrected chi connectivity index (χ0v) is 17.8. The van der Waals surface area contributed by atoms with Crippen molar-refractivity contribution >= 4 is 16.8 Å². The van der Waals surface area contributed by atoms with E-state index in [1.54, 1.807) is 14.2 Å². The summed E-state index contributed by atoms with van der Waals surface area (Å²) < 4.78 is 10.9. The molecule has 0 aliphatic heterocycles. The Balaban J connectivity index is 1.77. The van der Waals surface area contributed by atoms with Gasteiger partial charge in [-0.1, -0.05) is 38.0 Å². The molecule has 0 radical (unpaired) electrons. The van der Waals surface area contributed by atoms with E-state index in [2.05, 4.69) is 12.2 Å². The summed E-state index contributed by atoms with van der Waals surface area (Å²) in [5.74, 6) is 1.82. The van der Waals surface area contributed by atoms with Gasteiger partial charge in [0.15, 0.2) is 0 Å². The van der Waals surface area contributed by atoms with E-state index in [-0.39, 0.29) is 11.9 Å². The van der Waals surface area contributed by atoms with Crippen molar-refractivity contribution in [3.63, 3.8) is 0 Å². The number of amides is 1. The van der Waals surface area contributed by atoms with E-state index in [4.69, 9.17) is 14.5 Å². The zero-order chi connectivity index (χ0) is 21.1. The third-order valence-corrected chi connectivity index (χ3v) is 6.07. The highest BCUT2D eigenvalue weighted by molar-refractivity contribution is 6.07. The monoisotopic (exact) mass is 404 g/mol. The van der Waals surface area contributed by atoms with Crippen LogP contribution < -0.4 is 14.8 Å². The average molecular weight is 405 g/mol. The molecule has 1 aliphatic carbocycles. The predicted octanol–water partition coefficient (Wildman–Crippen LogP) is 5.23. The van der Waals surface area contributed by atoms with Crippen molar-refractivity contribution in [3.8, 4) is 22.8 Å². The summed E-state index contributed by atoms with van der Waals surface area (Å²) in [5, 5.41) is 4.14. The molecule has 1 amide bonds. The Morgan fingerprint density at radius 2 is 1.83 bits per heavy atom. The van der Waals surface area contributed by atoms with Crippen molar-refractivity contribution in [2.24, 2.45) is 5.92 Å². The average Bonchev–Trinajstić information content (AvgIpc) is 2.79. The zero-order valence-electron chi connectivity index (χ0n) is 17.8. The van der Waals surface area contributed by atoms with Crippen LogP contribution >= 0.6 is 0 Å². The second-order valence-electron chi connectivity index (χ2n) is 7.98.